The number of aromatic hydroxyl groups is 1. The summed E-state index contributed by atoms with van der Waals surface area (Å²) in [5.41, 5.74) is 6.26. The van der Waals surface area contributed by atoms with Crippen molar-refractivity contribution in [3.63, 3.8) is 0 Å². The normalized spacial score (nSPS) is 23.0. The van der Waals surface area contributed by atoms with Crippen LogP contribution in [0.15, 0.2) is 24.3 Å². The molecule has 0 saturated carbocycles. The van der Waals surface area contributed by atoms with Crippen molar-refractivity contribution in [2.24, 2.45) is 5.73 Å². The van der Waals surface area contributed by atoms with Crippen molar-refractivity contribution in [3.05, 3.63) is 24.3 Å². The number of ether oxygens (including phenoxy) is 1. The summed E-state index contributed by atoms with van der Waals surface area (Å²) < 4.78 is 5.57. The first-order valence-electron chi connectivity index (χ1n) is 6.04. The second kappa shape index (κ2) is 5.37. The van der Waals surface area contributed by atoms with Crippen molar-refractivity contribution in [2.45, 2.75) is 25.0 Å². The topological polar surface area (TPSA) is 75.8 Å². The molecule has 1 aromatic rings. The molecule has 5 heteroatoms. The first-order valence-corrected chi connectivity index (χ1v) is 6.04. The maximum absolute atomic E-state index is 12.2. The summed E-state index contributed by atoms with van der Waals surface area (Å²) >= 11 is 0. The van der Waals surface area contributed by atoms with Gasteiger partial charge in [0.25, 0.3) is 5.91 Å². The number of nitrogens with zero attached hydrogens (tertiary/aromatic N) is 1. The van der Waals surface area contributed by atoms with Crippen molar-refractivity contribution < 1.29 is 14.6 Å². The number of phenols is 1. The van der Waals surface area contributed by atoms with Gasteiger partial charge in [-0.2, -0.15) is 0 Å². The fourth-order valence-electron chi connectivity index (χ4n) is 2.08. The quantitative estimate of drug-likeness (QED) is 0.834. The second-order valence-corrected chi connectivity index (χ2v) is 4.47. The predicted octanol–water partition coefficient (Wildman–Crippen LogP) is 0.861. The van der Waals surface area contributed by atoms with Crippen LogP contribution in [0.3, 0.4) is 0 Å². The van der Waals surface area contributed by atoms with Crippen LogP contribution in [0.1, 0.15) is 12.8 Å². The molecule has 5 nitrogen and oxygen atoms in total. The minimum atomic E-state index is -0.405. The molecular formula is C13H18N2O3. The molecule has 1 aliphatic heterocycles. The highest BCUT2D eigenvalue weighted by molar-refractivity contribution is 5.96. The molecule has 3 N–H and O–H groups in total. The lowest BCUT2D eigenvalue weighted by molar-refractivity contribution is -0.128. The van der Waals surface area contributed by atoms with Crippen molar-refractivity contribution >= 4 is 11.6 Å². The van der Waals surface area contributed by atoms with E-state index in [0.29, 0.717) is 13.0 Å². The van der Waals surface area contributed by atoms with Gasteiger partial charge < -0.3 is 20.5 Å². The van der Waals surface area contributed by atoms with Crippen LogP contribution in [-0.2, 0) is 9.53 Å². The lowest BCUT2D eigenvalue weighted by Gasteiger charge is -2.21. The molecule has 1 saturated heterocycles. The Kier molecular flexibility index (Phi) is 3.84. The highest BCUT2D eigenvalue weighted by atomic mass is 16.5. The molecule has 2 rings (SSSR count). The number of nitrogens with two attached hydrogens (primary N) is 1. The third-order valence-corrected chi connectivity index (χ3v) is 3.21. The Morgan fingerprint density at radius 2 is 2.11 bits per heavy atom. The van der Waals surface area contributed by atoms with Gasteiger partial charge in [-0.1, -0.05) is 0 Å². The van der Waals surface area contributed by atoms with Crippen LogP contribution in [0.4, 0.5) is 5.69 Å². The molecule has 2 unspecified atom stereocenters. The number of carbonyl (C=O) groups excluding carboxylic acids is 1. The largest absolute Gasteiger partial charge is 0.508 e. The summed E-state index contributed by atoms with van der Waals surface area (Å²) in [6, 6.07) is 6.50. The molecule has 1 fully saturated rings. The Morgan fingerprint density at radius 1 is 1.44 bits per heavy atom. The summed E-state index contributed by atoms with van der Waals surface area (Å²) in [4.78, 5) is 13.7. The Bertz CT molecular complexity index is 419. The van der Waals surface area contributed by atoms with Crippen molar-refractivity contribution in [2.75, 3.05) is 18.5 Å². The van der Waals surface area contributed by atoms with Gasteiger partial charge in [-0.05, 0) is 37.1 Å². The van der Waals surface area contributed by atoms with E-state index in [1.54, 1.807) is 36.2 Å². The Morgan fingerprint density at radius 3 is 2.67 bits per heavy atom. The van der Waals surface area contributed by atoms with Crippen LogP contribution < -0.4 is 10.6 Å². The molecule has 1 heterocycles. The summed E-state index contributed by atoms with van der Waals surface area (Å²) in [5.74, 6) is 0.108. The average Bonchev–Trinajstić information content (AvgIpc) is 2.86. The van der Waals surface area contributed by atoms with Gasteiger partial charge in [0, 0.05) is 19.3 Å². The van der Waals surface area contributed by atoms with E-state index < -0.39 is 6.10 Å². The maximum Gasteiger partial charge on any atom is 0.255 e. The van der Waals surface area contributed by atoms with Gasteiger partial charge in [0.05, 0.1) is 6.10 Å². The molecule has 0 aromatic heterocycles. The predicted molar refractivity (Wildman–Crippen MR) is 68.5 cm³/mol. The number of anilines is 1. The number of benzene rings is 1. The molecule has 0 spiro atoms. The molecule has 18 heavy (non-hydrogen) atoms. The monoisotopic (exact) mass is 250 g/mol. The molecule has 1 aliphatic rings. The molecule has 0 aliphatic carbocycles. The third-order valence-electron chi connectivity index (χ3n) is 3.21. The fraction of sp³-hybridized carbons (Fsp3) is 0.462. The van der Waals surface area contributed by atoms with Gasteiger partial charge in [-0.25, -0.2) is 0 Å². The van der Waals surface area contributed by atoms with E-state index in [9.17, 15) is 9.90 Å². The number of likely N-dealkylation sites (N-methyl/N-ethyl adjacent to an activating group) is 1. The number of phenolic OH excluding ortho intramolecular Hbond substituents is 1. The van der Waals surface area contributed by atoms with E-state index >= 15 is 0 Å². The lowest BCUT2D eigenvalue weighted by atomic mass is 10.1. The van der Waals surface area contributed by atoms with Crippen molar-refractivity contribution in [1.82, 2.24) is 0 Å². The first-order chi connectivity index (χ1) is 8.61. The summed E-state index contributed by atoms with van der Waals surface area (Å²) in [5, 5.41) is 9.21. The van der Waals surface area contributed by atoms with Crippen molar-refractivity contribution in [3.8, 4) is 5.75 Å². The van der Waals surface area contributed by atoms with Crippen LogP contribution >= 0.6 is 0 Å². The van der Waals surface area contributed by atoms with Gasteiger partial charge in [0.1, 0.15) is 11.9 Å². The molecular weight excluding hydrogens is 232 g/mol. The highest BCUT2D eigenvalue weighted by Crippen LogP contribution is 2.23. The SMILES string of the molecule is CN(C(=O)C1CCC(CN)O1)c1ccc(O)cc1. The van der Waals surface area contributed by atoms with Gasteiger partial charge in [-0.3, -0.25) is 4.79 Å². The second-order valence-electron chi connectivity index (χ2n) is 4.47. The molecule has 0 bridgehead atoms. The van der Waals surface area contributed by atoms with Crippen LogP contribution in [0.5, 0.6) is 5.75 Å². The Hall–Kier alpha value is -1.59. The maximum atomic E-state index is 12.2. The summed E-state index contributed by atoms with van der Waals surface area (Å²) in [7, 11) is 1.70. The zero-order valence-corrected chi connectivity index (χ0v) is 10.4. The van der Waals surface area contributed by atoms with E-state index in [-0.39, 0.29) is 17.8 Å². The van der Waals surface area contributed by atoms with E-state index in [2.05, 4.69) is 0 Å². The third kappa shape index (κ3) is 2.63. The number of hydrogen-bond donors (Lipinski definition) is 2. The van der Waals surface area contributed by atoms with Gasteiger partial charge >= 0.3 is 0 Å². The minimum Gasteiger partial charge on any atom is -0.508 e. The van der Waals surface area contributed by atoms with Gasteiger partial charge in [0.2, 0.25) is 0 Å². The Balaban J connectivity index is 2.03. The van der Waals surface area contributed by atoms with Crippen LogP contribution in [0, 0.1) is 0 Å². The van der Waals surface area contributed by atoms with Crippen LogP contribution in [0.2, 0.25) is 0 Å². The van der Waals surface area contributed by atoms with Crippen LogP contribution in [0.25, 0.3) is 0 Å². The number of carbonyl (C=O) groups is 1. The van der Waals surface area contributed by atoms with Crippen LogP contribution in [-0.4, -0.2) is 36.8 Å². The summed E-state index contributed by atoms with van der Waals surface area (Å²) in [6.45, 7) is 0.451. The fourth-order valence-corrected chi connectivity index (χ4v) is 2.08. The molecule has 0 radical (unpaired) electrons. The van der Waals surface area contributed by atoms with E-state index in [1.807, 2.05) is 0 Å². The highest BCUT2D eigenvalue weighted by Gasteiger charge is 2.32. The molecule has 1 aromatic carbocycles. The molecule has 1 amide bonds. The minimum absolute atomic E-state index is 0.00725. The van der Waals surface area contributed by atoms with Gasteiger partial charge in [0.15, 0.2) is 0 Å². The first kappa shape index (κ1) is 12.9. The zero-order valence-electron chi connectivity index (χ0n) is 10.4. The number of amides is 1. The summed E-state index contributed by atoms with van der Waals surface area (Å²) in [6.07, 6.45) is 1.13. The lowest BCUT2D eigenvalue weighted by Crippen LogP contribution is -2.37. The number of rotatable bonds is 3. The van der Waals surface area contributed by atoms with E-state index in [4.69, 9.17) is 10.5 Å². The smallest absolute Gasteiger partial charge is 0.255 e. The van der Waals surface area contributed by atoms with Gasteiger partial charge in [-0.15, -0.1) is 0 Å². The average molecular weight is 250 g/mol. The Labute approximate surface area is 106 Å². The standard InChI is InChI=1S/C13H18N2O3/c1-15(9-2-4-10(16)5-3-9)13(17)12-7-6-11(8-14)18-12/h2-5,11-12,16H,6-8,14H2,1H3. The van der Waals surface area contributed by atoms with E-state index in [0.717, 1.165) is 12.1 Å². The molecule has 98 valence electrons. The number of hydrogen-bond acceptors (Lipinski definition) is 4. The van der Waals surface area contributed by atoms with Crippen molar-refractivity contribution in [1.29, 1.82) is 0 Å². The van der Waals surface area contributed by atoms with E-state index in [1.165, 1.54) is 0 Å². The molecule has 2 atom stereocenters. The zero-order chi connectivity index (χ0) is 13.1.